The van der Waals surface area contributed by atoms with Gasteiger partial charge in [-0.2, -0.15) is 9.41 Å². The summed E-state index contributed by atoms with van der Waals surface area (Å²) < 4.78 is 34.1. The number of benzene rings is 3. The lowest BCUT2D eigenvalue weighted by molar-refractivity contribution is -0.136. The zero-order chi connectivity index (χ0) is 29.6. The van der Waals surface area contributed by atoms with Crippen LogP contribution in [0, 0.1) is 6.92 Å². The first-order valence-corrected chi connectivity index (χ1v) is 14.6. The fourth-order valence-electron chi connectivity index (χ4n) is 3.57. The molecule has 0 saturated carbocycles. The number of rotatable bonds is 9. The van der Waals surface area contributed by atoms with Crippen LogP contribution in [-0.4, -0.2) is 30.8 Å². The van der Waals surface area contributed by atoms with Crippen molar-refractivity contribution in [3.63, 3.8) is 0 Å². The zero-order valence-corrected chi connectivity index (χ0v) is 24.6. The van der Waals surface area contributed by atoms with Crippen LogP contribution in [0.3, 0.4) is 0 Å². The molecule has 3 aromatic carbocycles. The van der Waals surface area contributed by atoms with Gasteiger partial charge in [-0.05, 0) is 67.1 Å². The molecule has 1 heterocycles. The average Bonchev–Trinajstić information content (AvgIpc) is 3.39. The summed E-state index contributed by atoms with van der Waals surface area (Å²) in [4.78, 5) is 24.3. The fraction of sp³-hybridized carbons (Fsp3) is 0.107. The second kappa shape index (κ2) is 13.3. The highest BCUT2D eigenvalue weighted by Gasteiger charge is 2.26. The van der Waals surface area contributed by atoms with Gasteiger partial charge in [-0.25, -0.2) is 13.8 Å². The molecule has 0 fully saturated rings. The quantitative estimate of drug-likeness (QED) is 0.133. The molecule has 4 aromatic rings. The largest absolute Gasteiger partial charge is 0.459 e. The average molecular weight is 634 g/mol. The Bertz CT molecular complexity index is 1690. The van der Waals surface area contributed by atoms with Crippen molar-refractivity contribution in [2.75, 3.05) is 5.32 Å². The Labute approximate surface area is 251 Å². The molecule has 13 heteroatoms. The maximum absolute atomic E-state index is 13.5. The summed E-state index contributed by atoms with van der Waals surface area (Å²) in [6, 6.07) is 21.0. The summed E-state index contributed by atoms with van der Waals surface area (Å²) in [6.45, 7) is 1.87. The van der Waals surface area contributed by atoms with E-state index < -0.39 is 21.8 Å². The number of aryl methyl sites for hydroxylation is 1. The molecule has 4 rings (SSSR count). The number of halogens is 3. The number of anilines is 1. The molecule has 0 atom stereocenters. The molecular weight excluding hydrogens is 611 g/mol. The molecular formula is C28H23Cl3N4O5S. The summed E-state index contributed by atoms with van der Waals surface area (Å²) in [5.41, 5.74) is 4.05. The van der Waals surface area contributed by atoms with Gasteiger partial charge in [0.15, 0.2) is 0 Å². The first-order chi connectivity index (χ1) is 19.5. The Kier molecular flexibility index (Phi) is 9.85. The molecule has 212 valence electrons. The highest BCUT2D eigenvalue weighted by molar-refractivity contribution is 7.89. The molecule has 0 saturated heterocycles. The van der Waals surface area contributed by atoms with E-state index in [2.05, 4.69) is 15.8 Å². The second-order valence-electron chi connectivity index (χ2n) is 8.80. The summed E-state index contributed by atoms with van der Waals surface area (Å²) in [7, 11) is -3.89. The van der Waals surface area contributed by atoms with Gasteiger partial charge in [0.1, 0.15) is 11.5 Å². The monoisotopic (exact) mass is 632 g/mol. The van der Waals surface area contributed by atoms with Crippen molar-refractivity contribution in [1.82, 2.24) is 9.73 Å². The van der Waals surface area contributed by atoms with E-state index in [1.54, 1.807) is 60.7 Å². The molecule has 0 bridgehead atoms. The number of hydrogen-bond acceptors (Lipinski definition) is 6. The number of hydrazone groups is 1. The van der Waals surface area contributed by atoms with Gasteiger partial charge in [0.2, 0.25) is 10.0 Å². The number of furan rings is 1. The number of nitrogens with one attached hydrogen (secondary N) is 2. The van der Waals surface area contributed by atoms with Crippen molar-refractivity contribution in [1.29, 1.82) is 0 Å². The third kappa shape index (κ3) is 8.18. The predicted molar refractivity (Wildman–Crippen MR) is 159 cm³/mol. The third-order valence-corrected chi connectivity index (χ3v) is 8.48. The van der Waals surface area contributed by atoms with Crippen molar-refractivity contribution < 1.29 is 22.4 Å². The van der Waals surface area contributed by atoms with Crippen LogP contribution in [0.25, 0.3) is 0 Å². The fourth-order valence-corrected chi connectivity index (χ4v) is 5.39. The van der Waals surface area contributed by atoms with Crippen molar-refractivity contribution in [2.24, 2.45) is 5.10 Å². The number of nitrogens with zero attached hydrogens (tertiary/aromatic N) is 2. The molecule has 0 unspecified atom stereocenters. The van der Waals surface area contributed by atoms with Crippen LogP contribution in [0.1, 0.15) is 22.6 Å². The topological polar surface area (TPSA) is 121 Å². The molecule has 0 aliphatic heterocycles. The Morgan fingerprint density at radius 2 is 1.59 bits per heavy atom. The van der Waals surface area contributed by atoms with Crippen molar-refractivity contribution in [2.45, 2.75) is 24.9 Å². The smallest absolute Gasteiger partial charge is 0.329 e. The van der Waals surface area contributed by atoms with Gasteiger partial charge in [-0.1, -0.05) is 64.6 Å². The minimum Gasteiger partial charge on any atom is -0.459 e. The molecule has 2 N–H and O–H groups in total. The molecule has 0 aliphatic carbocycles. The van der Waals surface area contributed by atoms with Gasteiger partial charge in [0, 0.05) is 17.3 Å². The predicted octanol–water partition coefficient (Wildman–Crippen LogP) is 6.03. The molecule has 2 amide bonds. The van der Waals surface area contributed by atoms with Gasteiger partial charge in [0.25, 0.3) is 0 Å². The van der Waals surface area contributed by atoms with Gasteiger partial charge in [0.05, 0.1) is 27.7 Å². The lowest BCUT2D eigenvalue weighted by atomic mass is 10.2. The number of carbonyl (C=O) groups is 2. The van der Waals surface area contributed by atoms with E-state index in [9.17, 15) is 18.0 Å². The lowest BCUT2D eigenvalue weighted by Crippen LogP contribution is -2.32. The molecule has 0 aliphatic rings. The van der Waals surface area contributed by atoms with E-state index in [1.807, 2.05) is 6.92 Å². The molecule has 9 nitrogen and oxygen atoms in total. The maximum atomic E-state index is 13.5. The normalized spacial score (nSPS) is 11.6. The van der Waals surface area contributed by atoms with Crippen LogP contribution in [0.15, 0.2) is 93.3 Å². The van der Waals surface area contributed by atoms with Crippen LogP contribution in [0.4, 0.5) is 5.69 Å². The van der Waals surface area contributed by atoms with E-state index in [-0.39, 0.29) is 34.5 Å². The van der Waals surface area contributed by atoms with Crippen molar-refractivity contribution in [3.05, 3.63) is 117 Å². The number of sulfonamides is 1. The summed E-state index contributed by atoms with van der Waals surface area (Å²) in [5, 5.41) is 7.17. The van der Waals surface area contributed by atoms with Crippen LogP contribution in [0.5, 0.6) is 0 Å². The number of amides is 2. The van der Waals surface area contributed by atoms with Gasteiger partial charge < -0.3 is 9.73 Å². The molecule has 0 spiro atoms. The van der Waals surface area contributed by atoms with E-state index >= 15 is 0 Å². The van der Waals surface area contributed by atoms with Crippen LogP contribution >= 0.6 is 34.8 Å². The minimum absolute atomic E-state index is 0.0709. The lowest BCUT2D eigenvalue weighted by Gasteiger charge is -2.21. The highest BCUT2D eigenvalue weighted by atomic mass is 35.5. The van der Waals surface area contributed by atoms with Crippen LogP contribution in [0.2, 0.25) is 15.1 Å². The van der Waals surface area contributed by atoms with Gasteiger partial charge >= 0.3 is 11.8 Å². The molecule has 41 heavy (non-hydrogen) atoms. The number of carbonyl (C=O) groups excluding carboxylic acids is 2. The van der Waals surface area contributed by atoms with Gasteiger partial charge in [-0.3, -0.25) is 9.59 Å². The van der Waals surface area contributed by atoms with E-state index in [1.165, 1.54) is 28.7 Å². The molecule has 0 radical (unpaired) electrons. The Balaban J connectivity index is 1.43. The number of hydrogen-bond donors (Lipinski definition) is 2. The summed E-state index contributed by atoms with van der Waals surface area (Å²) in [5.74, 6) is -1.44. The SMILES string of the molecule is Cc1ccc(S(=O)(=O)N(Cc2ccc(Cl)cc2)Cc2ccc(/C=N/NC(=O)C(=O)Nc3ccc(Cl)c(Cl)c3)o2)cc1. The highest BCUT2D eigenvalue weighted by Crippen LogP contribution is 2.25. The van der Waals surface area contributed by atoms with Crippen LogP contribution in [-0.2, 0) is 32.7 Å². The van der Waals surface area contributed by atoms with Gasteiger partial charge in [-0.15, -0.1) is 0 Å². The van der Waals surface area contributed by atoms with E-state index in [4.69, 9.17) is 39.2 Å². The Morgan fingerprint density at radius 1 is 0.878 bits per heavy atom. The first-order valence-electron chi connectivity index (χ1n) is 12.0. The minimum atomic E-state index is -3.89. The first kappa shape index (κ1) is 30.3. The maximum Gasteiger partial charge on any atom is 0.329 e. The van der Waals surface area contributed by atoms with E-state index in [0.29, 0.717) is 15.8 Å². The second-order valence-corrected chi connectivity index (χ2v) is 12.0. The Hall–Kier alpha value is -3.67. The summed E-state index contributed by atoms with van der Waals surface area (Å²) in [6.07, 6.45) is 1.19. The summed E-state index contributed by atoms with van der Waals surface area (Å²) >= 11 is 17.7. The van der Waals surface area contributed by atoms with Crippen LogP contribution < -0.4 is 10.7 Å². The van der Waals surface area contributed by atoms with Crippen molar-refractivity contribution in [3.8, 4) is 0 Å². The Morgan fingerprint density at radius 3 is 2.27 bits per heavy atom. The zero-order valence-electron chi connectivity index (χ0n) is 21.5. The standard InChI is InChI=1S/C28H23Cl3N4O5S/c1-18-2-11-24(12-3-18)41(38,39)35(16-19-4-6-20(29)7-5-19)17-23-10-9-22(40-23)15-32-34-28(37)27(36)33-21-8-13-25(30)26(31)14-21/h2-15H,16-17H2,1H3,(H,33,36)(H,34,37)/b32-15+. The van der Waals surface area contributed by atoms with Crippen molar-refractivity contribution >= 4 is 68.5 Å². The third-order valence-electron chi connectivity index (χ3n) is 5.69. The molecule has 1 aromatic heterocycles. The van der Waals surface area contributed by atoms with E-state index in [0.717, 1.165) is 11.1 Å².